The van der Waals surface area contributed by atoms with Crippen LogP contribution in [-0.2, 0) is 20.2 Å². The number of hydrogen-bond acceptors (Lipinski definition) is 3. The van der Waals surface area contributed by atoms with Gasteiger partial charge in [0.05, 0.1) is 26.7 Å². The zero-order valence-corrected chi connectivity index (χ0v) is 21.1. The van der Waals surface area contributed by atoms with Gasteiger partial charge in [0.1, 0.15) is 0 Å². The molecule has 1 fully saturated rings. The van der Waals surface area contributed by atoms with Crippen LogP contribution in [-0.4, -0.2) is 20.9 Å². The van der Waals surface area contributed by atoms with Crippen molar-refractivity contribution in [2.45, 2.75) is 42.9 Å². The number of carbonyl (C=O) groups excluding carboxylic acids is 1. The second kappa shape index (κ2) is 9.98. The number of anilines is 2. The van der Waals surface area contributed by atoms with Crippen LogP contribution < -0.4 is 9.62 Å². The topological polar surface area (TPSA) is 66.5 Å². The first-order chi connectivity index (χ1) is 16.3. The van der Waals surface area contributed by atoms with Gasteiger partial charge in [-0.2, -0.15) is 0 Å². The highest BCUT2D eigenvalue weighted by atomic mass is 35.5. The standard InChI is InChI=1S/C26H26Cl2N2O3S/c1-2-30(21-8-4-3-5-9-21)34(32,33)22-14-15-23(28)24(18-22)29-25(31)26(16-6-7-17-26)19-10-12-20(27)13-11-19/h3-5,8-15,18H,2,6-7,16-17H2,1H3,(H,29,31). The van der Waals surface area contributed by atoms with Crippen LogP contribution >= 0.6 is 23.2 Å². The number of carbonyl (C=O) groups is 1. The summed E-state index contributed by atoms with van der Waals surface area (Å²) in [5, 5.41) is 3.81. The van der Waals surface area contributed by atoms with E-state index in [1.807, 2.05) is 18.2 Å². The summed E-state index contributed by atoms with van der Waals surface area (Å²) >= 11 is 12.5. The Labute approximate surface area is 210 Å². The van der Waals surface area contributed by atoms with Gasteiger partial charge in [0.15, 0.2) is 0 Å². The smallest absolute Gasteiger partial charge is 0.264 e. The van der Waals surface area contributed by atoms with Gasteiger partial charge in [-0.15, -0.1) is 0 Å². The van der Waals surface area contributed by atoms with E-state index in [-0.39, 0.29) is 28.1 Å². The molecule has 0 heterocycles. The quantitative estimate of drug-likeness (QED) is 0.381. The van der Waals surface area contributed by atoms with E-state index < -0.39 is 15.4 Å². The fourth-order valence-electron chi connectivity index (χ4n) is 4.61. The number of rotatable bonds is 7. The van der Waals surface area contributed by atoms with Gasteiger partial charge < -0.3 is 5.32 Å². The van der Waals surface area contributed by atoms with Crippen LogP contribution in [0.25, 0.3) is 0 Å². The Balaban J connectivity index is 1.67. The average molecular weight is 517 g/mol. The normalized spacial score (nSPS) is 15.1. The van der Waals surface area contributed by atoms with Crippen LogP contribution in [0.3, 0.4) is 0 Å². The Morgan fingerprint density at radius 3 is 2.24 bits per heavy atom. The van der Waals surface area contributed by atoms with E-state index in [1.54, 1.807) is 43.3 Å². The van der Waals surface area contributed by atoms with Crippen LogP contribution in [0.2, 0.25) is 10.0 Å². The largest absolute Gasteiger partial charge is 0.324 e. The second-order valence-corrected chi connectivity index (χ2v) is 11.1. The lowest BCUT2D eigenvalue weighted by Crippen LogP contribution is -2.38. The lowest BCUT2D eigenvalue weighted by atomic mass is 9.78. The van der Waals surface area contributed by atoms with E-state index in [0.717, 1.165) is 18.4 Å². The molecule has 0 saturated heterocycles. The number of hydrogen-bond donors (Lipinski definition) is 1. The van der Waals surface area contributed by atoms with Crippen LogP contribution in [0.4, 0.5) is 11.4 Å². The first-order valence-corrected chi connectivity index (χ1v) is 13.4. The number of amides is 1. The van der Waals surface area contributed by atoms with Crippen LogP contribution in [0.5, 0.6) is 0 Å². The van der Waals surface area contributed by atoms with Crippen molar-refractivity contribution in [1.29, 1.82) is 0 Å². The molecule has 3 aromatic carbocycles. The number of benzene rings is 3. The third kappa shape index (κ3) is 4.67. The van der Waals surface area contributed by atoms with E-state index in [4.69, 9.17) is 23.2 Å². The lowest BCUT2D eigenvalue weighted by molar-refractivity contribution is -0.121. The van der Waals surface area contributed by atoms with Crippen LogP contribution in [0.15, 0.2) is 77.7 Å². The molecule has 0 bridgehead atoms. The maximum atomic E-state index is 13.6. The van der Waals surface area contributed by atoms with Crippen molar-refractivity contribution in [2.24, 2.45) is 0 Å². The summed E-state index contributed by atoms with van der Waals surface area (Å²) in [6, 6.07) is 20.6. The van der Waals surface area contributed by atoms with Crippen molar-refractivity contribution < 1.29 is 13.2 Å². The fraction of sp³-hybridized carbons (Fsp3) is 0.269. The molecule has 178 valence electrons. The van der Waals surface area contributed by atoms with E-state index in [2.05, 4.69) is 5.32 Å². The van der Waals surface area contributed by atoms with Crippen LogP contribution in [0.1, 0.15) is 38.2 Å². The van der Waals surface area contributed by atoms with Crippen molar-refractivity contribution >= 4 is 50.5 Å². The second-order valence-electron chi connectivity index (χ2n) is 8.40. The van der Waals surface area contributed by atoms with Gasteiger partial charge in [0.25, 0.3) is 10.0 Å². The van der Waals surface area contributed by atoms with Gasteiger partial charge in [-0.1, -0.05) is 66.4 Å². The van der Waals surface area contributed by atoms with E-state index >= 15 is 0 Å². The van der Waals surface area contributed by atoms with Gasteiger partial charge in [0.2, 0.25) is 5.91 Å². The molecule has 3 aromatic rings. The summed E-state index contributed by atoms with van der Waals surface area (Å²) in [4.78, 5) is 13.6. The molecule has 8 heteroatoms. The number of nitrogens with one attached hydrogen (secondary N) is 1. The average Bonchev–Trinajstić information content (AvgIpc) is 3.33. The van der Waals surface area contributed by atoms with E-state index in [0.29, 0.717) is 23.6 Å². The van der Waals surface area contributed by atoms with Gasteiger partial charge in [-0.25, -0.2) is 8.42 Å². The van der Waals surface area contributed by atoms with Gasteiger partial charge in [0, 0.05) is 11.6 Å². The zero-order valence-electron chi connectivity index (χ0n) is 18.8. The summed E-state index contributed by atoms with van der Waals surface area (Å²) in [5.41, 5.74) is 1.03. The molecule has 1 saturated carbocycles. The SMILES string of the molecule is CCN(c1ccccc1)S(=O)(=O)c1ccc(Cl)c(NC(=O)C2(c3ccc(Cl)cc3)CCCC2)c1. The molecular weight excluding hydrogens is 491 g/mol. The van der Waals surface area contributed by atoms with Gasteiger partial charge in [-0.3, -0.25) is 9.10 Å². The molecule has 0 unspecified atom stereocenters. The molecule has 5 nitrogen and oxygen atoms in total. The summed E-state index contributed by atoms with van der Waals surface area (Å²) in [6.45, 7) is 2.04. The predicted octanol–water partition coefficient (Wildman–Crippen LogP) is 6.66. The fourth-order valence-corrected chi connectivity index (χ4v) is 6.40. The van der Waals surface area contributed by atoms with E-state index in [1.165, 1.54) is 22.5 Å². The Kier molecular flexibility index (Phi) is 7.22. The van der Waals surface area contributed by atoms with E-state index in [9.17, 15) is 13.2 Å². The summed E-state index contributed by atoms with van der Waals surface area (Å²) in [6.07, 6.45) is 3.27. The van der Waals surface area contributed by atoms with Gasteiger partial charge >= 0.3 is 0 Å². The maximum Gasteiger partial charge on any atom is 0.264 e. The highest BCUT2D eigenvalue weighted by Gasteiger charge is 2.43. The minimum Gasteiger partial charge on any atom is -0.324 e. The summed E-state index contributed by atoms with van der Waals surface area (Å²) in [5.74, 6) is -0.195. The Morgan fingerprint density at radius 2 is 1.62 bits per heavy atom. The first kappa shape index (κ1) is 24.6. The summed E-state index contributed by atoms with van der Waals surface area (Å²) < 4.78 is 28.2. The van der Waals surface area contributed by atoms with Crippen molar-refractivity contribution in [3.05, 3.63) is 88.4 Å². The minimum atomic E-state index is -3.86. The molecule has 34 heavy (non-hydrogen) atoms. The monoisotopic (exact) mass is 516 g/mol. The third-order valence-electron chi connectivity index (χ3n) is 6.39. The number of sulfonamides is 1. The molecule has 1 N–H and O–H groups in total. The molecule has 1 amide bonds. The predicted molar refractivity (Wildman–Crippen MR) is 138 cm³/mol. The molecule has 4 rings (SSSR count). The number of para-hydroxylation sites is 1. The summed E-state index contributed by atoms with van der Waals surface area (Å²) in [7, 11) is -3.86. The first-order valence-electron chi connectivity index (χ1n) is 11.2. The van der Waals surface area contributed by atoms with Crippen molar-refractivity contribution in [3.8, 4) is 0 Å². The Hall–Kier alpha value is -2.54. The van der Waals surface area contributed by atoms with Crippen molar-refractivity contribution in [2.75, 3.05) is 16.2 Å². The van der Waals surface area contributed by atoms with Crippen molar-refractivity contribution in [3.63, 3.8) is 0 Å². The minimum absolute atomic E-state index is 0.0601. The van der Waals surface area contributed by atoms with Gasteiger partial charge in [-0.05, 0) is 67.8 Å². The highest BCUT2D eigenvalue weighted by Crippen LogP contribution is 2.43. The highest BCUT2D eigenvalue weighted by molar-refractivity contribution is 7.92. The van der Waals surface area contributed by atoms with Crippen LogP contribution in [0, 0.1) is 0 Å². The maximum absolute atomic E-state index is 13.6. The van der Waals surface area contributed by atoms with Crippen molar-refractivity contribution in [1.82, 2.24) is 0 Å². The molecule has 0 radical (unpaired) electrons. The Morgan fingerprint density at radius 1 is 0.971 bits per heavy atom. The molecule has 1 aliphatic carbocycles. The molecule has 0 aromatic heterocycles. The lowest BCUT2D eigenvalue weighted by Gasteiger charge is -2.29. The molecule has 1 aliphatic rings. The number of nitrogens with zero attached hydrogens (tertiary/aromatic N) is 1. The molecule has 0 aliphatic heterocycles. The molecule has 0 spiro atoms. The number of halogens is 2. The third-order valence-corrected chi connectivity index (χ3v) is 8.87. The molecular formula is C26H26Cl2N2O3S. The molecule has 0 atom stereocenters. The Bertz CT molecular complexity index is 1270. The zero-order chi connectivity index (χ0) is 24.3.